The molecule has 3 aromatic rings. The first-order valence-electron chi connectivity index (χ1n) is 9.84. The maximum absolute atomic E-state index is 12.6. The highest BCUT2D eigenvalue weighted by molar-refractivity contribution is 9.10. The van der Waals surface area contributed by atoms with Crippen LogP contribution in [0.4, 0.5) is 10.5 Å². The van der Waals surface area contributed by atoms with Crippen LogP contribution in [0.3, 0.4) is 0 Å². The zero-order chi connectivity index (χ0) is 22.1. The fourth-order valence-corrected chi connectivity index (χ4v) is 3.30. The summed E-state index contributed by atoms with van der Waals surface area (Å²) in [5.41, 5.74) is 2.59. The Morgan fingerprint density at radius 3 is 2.19 bits per heavy atom. The van der Waals surface area contributed by atoms with Gasteiger partial charge >= 0.3 is 6.03 Å². The molecule has 0 heterocycles. The van der Waals surface area contributed by atoms with E-state index in [4.69, 9.17) is 4.74 Å². The van der Waals surface area contributed by atoms with E-state index in [-0.39, 0.29) is 30.9 Å². The molecule has 0 bridgehead atoms. The van der Waals surface area contributed by atoms with Gasteiger partial charge in [0.25, 0.3) is 0 Å². The molecule has 0 aliphatic heterocycles. The third-order valence-corrected chi connectivity index (χ3v) is 5.16. The van der Waals surface area contributed by atoms with E-state index in [1.807, 2.05) is 66.7 Å². The molecule has 0 aliphatic rings. The third-order valence-electron chi connectivity index (χ3n) is 4.63. The Labute approximate surface area is 190 Å². The van der Waals surface area contributed by atoms with Gasteiger partial charge < -0.3 is 20.7 Å². The molecule has 31 heavy (non-hydrogen) atoms. The highest BCUT2D eigenvalue weighted by Crippen LogP contribution is 2.24. The van der Waals surface area contributed by atoms with Crippen LogP contribution >= 0.6 is 15.9 Å². The normalized spacial score (nSPS) is 11.3. The van der Waals surface area contributed by atoms with E-state index in [9.17, 15) is 9.59 Å². The second-order valence-electron chi connectivity index (χ2n) is 6.82. The molecule has 0 saturated carbocycles. The van der Waals surface area contributed by atoms with Crippen molar-refractivity contribution in [3.63, 3.8) is 0 Å². The summed E-state index contributed by atoms with van der Waals surface area (Å²) >= 11 is 3.35. The van der Waals surface area contributed by atoms with Gasteiger partial charge in [-0.05, 0) is 47.5 Å². The van der Waals surface area contributed by atoms with Crippen molar-refractivity contribution in [2.45, 2.75) is 12.5 Å². The number of carbonyl (C=O) groups excluding carboxylic acids is 2. The van der Waals surface area contributed by atoms with Gasteiger partial charge in [0.15, 0.2) is 0 Å². The minimum Gasteiger partial charge on any atom is -0.497 e. The number of nitrogens with one attached hydrogen (secondary N) is 3. The van der Waals surface area contributed by atoms with Crippen molar-refractivity contribution in [3.8, 4) is 5.75 Å². The van der Waals surface area contributed by atoms with E-state index in [1.165, 1.54) is 0 Å². The van der Waals surface area contributed by atoms with E-state index in [2.05, 4.69) is 31.9 Å². The lowest BCUT2D eigenvalue weighted by molar-refractivity contribution is -0.121. The zero-order valence-electron chi connectivity index (χ0n) is 17.1. The molecule has 1 atom stereocenters. The zero-order valence-corrected chi connectivity index (χ0v) is 18.7. The SMILES string of the molecule is COc1ccc(C(NC(=O)CCNC(=O)Nc2ccc(Br)cc2)c2ccccc2)cc1. The van der Waals surface area contributed by atoms with Gasteiger partial charge in [-0.2, -0.15) is 0 Å². The first kappa shape index (κ1) is 22.4. The van der Waals surface area contributed by atoms with Crippen LogP contribution in [0.5, 0.6) is 5.75 Å². The number of benzene rings is 3. The minimum atomic E-state index is -0.357. The standard InChI is InChI=1S/C24H24BrN3O3/c1-31-21-13-7-18(8-14-21)23(17-5-3-2-4-6-17)28-22(29)15-16-26-24(30)27-20-11-9-19(25)10-12-20/h2-14,23H,15-16H2,1H3,(H,28,29)(H2,26,27,30). The fourth-order valence-electron chi connectivity index (χ4n) is 3.03. The monoisotopic (exact) mass is 481 g/mol. The summed E-state index contributed by atoms with van der Waals surface area (Å²) in [6.07, 6.45) is 0.160. The molecule has 3 amide bonds. The van der Waals surface area contributed by atoms with Crippen LogP contribution < -0.4 is 20.7 Å². The van der Waals surface area contributed by atoms with Gasteiger partial charge in [-0.25, -0.2) is 4.79 Å². The average molecular weight is 482 g/mol. The minimum absolute atomic E-state index is 0.159. The van der Waals surface area contributed by atoms with Gasteiger partial charge in [0.2, 0.25) is 5.91 Å². The predicted molar refractivity (Wildman–Crippen MR) is 125 cm³/mol. The lowest BCUT2D eigenvalue weighted by Crippen LogP contribution is -2.35. The van der Waals surface area contributed by atoms with Crippen LogP contribution in [-0.2, 0) is 4.79 Å². The molecule has 3 aromatic carbocycles. The van der Waals surface area contributed by atoms with Crippen molar-refractivity contribution in [3.05, 3.63) is 94.5 Å². The van der Waals surface area contributed by atoms with Crippen molar-refractivity contribution in [2.24, 2.45) is 0 Å². The molecule has 0 fully saturated rings. The summed E-state index contributed by atoms with van der Waals surface area (Å²) in [7, 11) is 1.62. The maximum atomic E-state index is 12.6. The Hall–Kier alpha value is -3.32. The molecule has 1 unspecified atom stereocenters. The molecule has 0 spiro atoms. The van der Waals surface area contributed by atoms with Crippen LogP contribution in [0.2, 0.25) is 0 Å². The molecule has 7 heteroatoms. The number of rotatable bonds is 8. The van der Waals surface area contributed by atoms with E-state index in [0.29, 0.717) is 5.69 Å². The van der Waals surface area contributed by atoms with Crippen LogP contribution in [-0.4, -0.2) is 25.6 Å². The molecule has 3 rings (SSSR count). The fraction of sp³-hybridized carbons (Fsp3) is 0.167. The number of halogens is 1. The van der Waals surface area contributed by atoms with E-state index < -0.39 is 0 Å². The second kappa shape index (κ2) is 11.2. The largest absolute Gasteiger partial charge is 0.497 e. The van der Waals surface area contributed by atoms with E-state index >= 15 is 0 Å². The Morgan fingerprint density at radius 1 is 0.903 bits per heavy atom. The highest BCUT2D eigenvalue weighted by atomic mass is 79.9. The van der Waals surface area contributed by atoms with Crippen LogP contribution in [0, 0.1) is 0 Å². The third kappa shape index (κ3) is 6.86. The number of methoxy groups -OCH3 is 1. The number of amides is 3. The number of urea groups is 1. The van der Waals surface area contributed by atoms with Crippen molar-refractivity contribution in [1.82, 2.24) is 10.6 Å². The molecule has 0 aliphatic carbocycles. The highest BCUT2D eigenvalue weighted by Gasteiger charge is 2.17. The summed E-state index contributed by atoms with van der Waals surface area (Å²) in [5, 5.41) is 8.50. The smallest absolute Gasteiger partial charge is 0.319 e. The van der Waals surface area contributed by atoms with Crippen molar-refractivity contribution in [2.75, 3.05) is 19.0 Å². The Morgan fingerprint density at radius 2 is 1.55 bits per heavy atom. The molecular formula is C24H24BrN3O3. The second-order valence-corrected chi connectivity index (χ2v) is 7.74. The van der Waals surface area contributed by atoms with Crippen LogP contribution in [0.15, 0.2) is 83.3 Å². The van der Waals surface area contributed by atoms with Gasteiger partial charge in [-0.15, -0.1) is 0 Å². The number of hydrogen-bond donors (Lipinski definition) is 3. The molecular weight excluding hydrogens is 458 g/mol. The number of ether oxygens (including phenoxy) is 1. The van der Waals surface area contributed by atoms with Crippen molar-refractivity contribution in [1.29, 1.82) is 0 Å². The van der Waals surface area contributed by atoms with Crippen molar-refractivity contribution >= 4 is 33.6 Å². The summed E-state index contributed by atoms with van der Waals surface area (Å²) in [5.74, 6) is 0.594. The number of hydrogen-bond acceptors (Lipinski definition) is 3. The number of anilines is 1. The quantitative estimate of drug-likeness (QED) is 0.429. The Balaban J connectivity index is 1.56. The van der Waals surface area contributed by atoms with Crippen molar-refractivity contribution < 1.29 is 14.3 Å². The molecule has 6 nitrogen and oxygen atoms in total. The number of carbonyl (C=O) groups is 2. The van der Waals surface area contributed by atoms with E-state index in [0.717, 1.165) is 21.3 Å². The Bertz CT molecular complexity index is 993. The lowest BCUT2D eigenvalue weighted by Gasteiger charge is -2.20. The van der Waals surface area contributed by atoms with E-state index in [1.54, 1.807) is 19.2 Å². The van der Waals surface area contributed by atoms with Gasteiger partial charge in [-0.3, -0.25) is 4.79 Å². The Kier molecular flexibility index (Phi) is 8.06. The first-order chi connectivity index (χ1) is 15.0. The predicted octanol–water partition coefficient (Wildman–Crippen LogP) is 4.88. The first-order valence-corrected chi connectivity index (χ1v) is 10.6. The molecule has 0 radical (unpaired) electrons. The van der Waals surface area contributed by atoms with Gasteiger partial charge in [-0.1, -0.05) is 58.4 Å². The molecule has 160 valence electrons. The van der Waals surface area contributed by atoms with Gasteiger partial charge in [0, 0.05) is 23.1 Å². The van der Waals surface area contributed by atoms with Gasteiger partial charge in [0.05, 0.1) is 13.2 Å². The lowest BCUT2D eigenvalue weighted by atomic mass is 9.98. The van der Waals surface area contributed by atoms with Crippen LogP contribution in [0.25, 0.3) is 0 Å². The van der Waals surface area contributed by atoms with Crippen LogP contribution in [0.1, 0.15) is 23.6 Å². The average Bonchev–Trinajstić information content (AvgIpc) is 2.80. The maximum Gasteiger partial charge on any atom is 0.319 e. The summed E-state index contributed by atoms with van der Waals surface area (Å²) in [4.78, 5) is 24.6. The summed E-state index contributed by atoms with van der Waals surface area (Å²) < 4.78 is 6.15. The summed E-state index contributed by atoms with van der Waals surface area (Å²) in [6, 6.07) is 23.9. The summed E-state index contributed by atoms with van der Waals surface area (Å²) in [6.45, 7) is 0.221. The molecule has 0 saturated heterocycles. The molecule has 3 N–H and O–H groups in total. The molecule has 0 aromatic heterocycles. The van der Waals surface area contributed by atoms with Gasteiger partial charge in [0.1, 0.15) is 5.75 Å². The topological polar surface area (TPSA) is 79.5 Å².